The number of hydrogen-bond donors (Lipinski definition) is 2. The summed E-state index contributed by atoms with van der Waals surface area (Å²) in [5.74, 6) is 2.45. The number of carbonyl (C=O) groups is 1. The van der Waals surface area contributed by atoms with Crippen LogP contribution in [0.1, 0.15) is 11.1 Å². The van der Waals surface area contributed by atoms with Crippen LogP contribution in [-0.2, 0) is 11.2 Å². The highest BCUT2D eigenvalue weighted by Gasteiger charge is 2.04. The first-order valence-corrected chi connectivity index (χ1v) is 5.88. The summed E-state index contributed by atoms with van der Waals surface area (Å²) in [5, 5.41) is 2.81. The molecule has 0 aromatic heterocycles. The molecule has 0 saturated heterocycles. The van der Waals surface area contributed by atoms with E-state index in [0.717, 1.165) is 11.1 Å². The Bertz CT molecular complexity index is 624. The first-order chi connectivity index (χ1) is 9.17. The van der Waals surface area contributed by atoms with E-state index >= 15 is 0 Å². The molecule has 19 heavy (non-hydrogen) atoms. The number of benzene rings is 2. The lowest BCUT2D eigenvalue weighted by Gasteiger charge is -2.06. The van der Waals surface area contributed by atoms with Crippen molar-refractivity contribution in [1.29, 1.82) is 0 Å². The van der Waals surface area contributed by atoms with Gasteiger partial charge in [0.2, 0.25) is 5.91 Å². The van der Waals surface area contributed by atoms with E-state index in [1.165, 1.54) is 0 Å². The number of carbonyl (C=O) groups excluding carboxylic acids is 1. The topological polar surface area (TPSA) is 55.1 Å². The maximum Gasteiger partial charge on any atom is 0.228 e. The van der Waals surface area contributed by atoms with Crippen molar-refractivity contribution in [2.24, 2.45) is 0 Å². The third-order valence-electron chi connectivity index (χ3n) is 2.66. The third-order valence-corrected chi connectivity index (χ3v) is 2.66. The lowest BCUT2D eigenvalue weighted by molar-refractivity contribution is -0.115. The number of nitrogens with one attached hydrogen (secondary N) is 1. The number of nitrogens with two attached hydrogens (primary N) is 1. The lowest BCUT2D eigenvalue weighted by atomic mass is 10.1. The molecule has 3 N–H and O–H groups in total. The smallest absolute Gasteiger partial charge is 0.228 e. The fourth-order valence-electron chi connectivity index (χ4n) is 1.71. The van der Waals surface area contributed by atoms with Gasteiger partial charge < -0.3 is 11.1 Å². The highest BCUT2D eigenvalue weighted by Crippen LogP contribution is 2.11. The Hall–Kier alpha value is -2.73. The zero-order valence-corrected chi connectivity index (χ0v) is 10.4. The Morgan fingerprint density at radius 2 is 1.95 bits per heavy atom. The van der Waals surface area contributed by atoms with Gasteiger partial charge in [-0.1, -0.05) is 24.1 Å². The van der Waals surface area contributed by atoms with Crippen molar-refractivity contribution in [3.63, 3.8) is 0 Å². The summed E-state index contributed by atoms with van der Waals surface area (Å²) in [4.78, 5) is 11.9. The molecule has 2 rings (SSSR count). The van der Waals surface area contributed by atoms with E-state index in [0.29, 0.717) is 17.8 Å². The minimum absolute atomic E-state index is 0.0843. The standard InChI is InChI=1S/C16H14N2O/c1-2-12-4-3-5-15(10-12)18-16(19)11-13-6-8-14(17)9-7-13/h1,3-10H,11,17H2,(H,18,19). The first-order valence-electron chi connectivity index (χ1n) is 5.88. The summed E-state index contributed by atoms with van der Waals surface area (Å²) in [6.45, 7) is 0. The summed E-state index contributed by atoms with van der Waals surface area (Å²) in [7, 11) is 0. The highest BCUT2D eigenvalue weighted by atomic mass is 16.1. The van der Waals surface area contributed by atoms with Gasteiger partial charge in [-0.15, -0.1) is 6.42 Å². The van der Waals surface area contributed by atoms with Crippen molar-refractivity contribution in [3.05, 3.63) is 59.7 Å². The van der Waals surface area contributed by atoms with Crippen molar-refractivity contribution in [1.82, 2.24) is 0 Å². The molecule has 0 atom stereocenters. The molecule has 0 aliphatic carbocycles. The fraction of sp³-hybridized carbons (Fsp3) is 0.0625. The largest absolute Gasteiger partial charge is 0.399 e. The monoisotopic (exact) mass is 250 g/mol. The predicted molar refractivity (Wildman–Crippen MR) is 77.6 cm³/mol. The molecular weight excluding hydrogens is 236 g/mol. The molecule has 0 aliphatic rings. The maximum absolute atomic E-state index is 11.9. The van der Waals surface area contributed by atoms with Gasteiger partial charge in [-0.3, -0.25) is 4.79 Å². The summed E-state index contributed by atoms with van der Waals surface area (Å²) < 4.78 is 0. The van der Waals surface area contributed by atoms with Crippen LogP contribution in [0.5, 0.6) is 0 Å². The molecule has 3 nitrogen and oxygen atoms in total. The number of terminal acetylenes is 1. The number of anilines is 2. The van der Waals surface area contributed by atoms with E-state index in [9.17, 15) is 4.79 Å². The van der Waals surface area contributed by atoms with Gasteiger partial charge in [-0.25, -0.2) is 0 Å². The fourth-order valence-corrected chi connectivity index (χ4v) is 1.71. The third kappa shape index (κ3) is 3.62. The Balaban J connectivity index is 2.01. The summed E-state index contributed by atoms with van der Waals surface area (Å²) in [6, 6.07) is 14.4. The van der Waals surface area contributed by atoms with E-state index < -0.39 is 0 Å². The van der Waals surface area contributed by atoms with E-state index in [2.05, 4.69) is 11.2 Å². The van der Waals surface area contributed by atoms with Crippen LogP contribution >= 0.6 is 0 Å². The van der Waals surface area contributed by atoms with Crippen LogP contribution in [0, 0.1) is 12.3 Å². The second kappa shape index (κ2) is 5.74. The zero-order chi connectivity index (χ0) is 13.7. The number of rotatable bonds is 3. The van der Waals surface area contributed by atoms with E-state index in [-0.39, 0.29) is 5.91 Å². The van der Waals surface area contributed by atoms with Crippen LogP contribution in [0.4, 0.5) is 11.4 Å². The molecule has 0 spiro atoms. The van der Waals surface area contributed by atoms with Gasteiger partial charge >= 0.3 is 0 Å². The van der Waals surface area contributed by atoms with Crippen LogP contribution in [0.2, 0.25) is 0 Å². The number of nitrogen functional groups attached to an aromatic ring is 1. The average Bonchev–Trinajstić information content (AvgIpc) is 2.41. The Morgan fingerprint density at radius 3 is 2.63 bits per heavy atom. The van der Waals surface area contributed by atoms with Crippen molar-refractivity contribution >= 4 is 17.3 Å². The molecule has 1 amide bonds. The van der Waals surface area contributed by atoms with E-state index in [4.69, 9.17) is 12.2 Å². The quantitative estimate of drug-likeness (QED) is 0.649. The summed E-state index contributed by atoms with van der Waals surface area (Å²) in [5.41, 5.74) is 8.64. The molecule has 2 aromatic rings. The van der Waals surface area contributed by atoms with Gasteiger partial charge in [0.15, 0.2) is 0 Å². The van der Waals surface area contributed by atoms with E-state index in [1.54, 1.807) is 18.2 Å². The van der Waals surface area contributed by atoms with Crippen molar-refractivity contribution in [2.75, 3.05) is 11.1 Å². The second-order valence-corrected chi connectivity index (χ2v) is 4.19. The van der Waals surface area contributed by atoms with Crippen LogP contribution in [0.25, 0.3) is 0 Å². The van der Waals surface area contributed by atoms with Crippen LogP contribution < -0.4 is 11.1 Å². The first kappa shape index (κ1) is 12.7. The molecule has 0 heterocycles. The molecule has 2 aromatic carbocycles. The average molecular weight is 250 g/mol. The molecule has 0 unspecified atom stereocenters. The van der Waals surface area contributed by atoms with Crippen LogP contribution in [0.3, 0.4) is 0 Å². The molecule has 0 radical (unpaired) electrons. The van der Waals surface area contributed by atoms with Gasteiger partial charge in [0.25, 0.3) is 0 Å². The lowest BCUT2D eigenvalue weighted by Crippen LogP contribution is -2.14. The van der Waals surface area contributed by atoms with Crippen LogP contribution in [-0.4, -0.2) is 5.91 Å². The Labute approximate surface area is 112 Å². The molecular formula is C16H14N2O. The number of amides is 1. The highest BCUT2D eigenvalue weighted by molar-refractivity contribution is 5.92. The van der Waals surface area contributed by atoms with Gasteiger partial charge in [-0.2, -0.15) is 0 Å². The molecule has 0 aliphatic heterocycles. The van der Waals surface area contributed by atoms with Gasteiger partial charge in [0.05, 0.1) is 6.42 Å². The maximum atomic E-state index is 11.9. The van der Waals surface area contributed by atoms with Crippen molar-refractivity contribution in [3.8, 4) is 12.3 Å². The Kier molecular flexibility index (Phi) is 3.84. The van der Waals surface area contributed by atoms with Crippen molar-refractivity contribution in [2.45, 2.75) is 6.42 Å². The molecule has 3 heteroatoms. The van der Waals surface area contributed by atoms with Gasteiger partial charge in [0, 0.05) is 16.9 Å². The van der Waals surface area contributed by atoms with Gasteiger partial charge in [-0.05, 0) is 35.9 Å². The summed E-state index contributed by atoms with van der Waals surface area (Å²) in [6.07, 6.45) is 5.62. The van der Waals surface area contributed by atoms with E-state index in [1.807, 2.05) is 30.3 Å². The van der Waals surface area contributed by atoms with Crippen LogP contribution in [0.15, 0.2) is 48.5 Å². The Morgan fingerprint density at radius 1 is 1.21 bits per heavy atom. The zero-order valence-electron chi connectivity index (χ0n) is 10.4. The second-order valence-electron chi connectivity index (χ2n) is 4.19. The molecule has 0 bridgehead atoms. The van der Waals surface area contributed by atoms with Gasteiger partial charge in [0.1, 0.15) is 0 Å². The molecule has 0 fully saturated rings. The predicted octanol–water partition coefficient (Wildman–Crippen LogP) is 2.43. The normalized spacial score (nSPS) is 9.63. The molecule has 0 saturated carbocycles. The minimum atomic E-state index is -0.0843. The molecule has 94 valence electrons. The minimum Gasteiger partial charge on any atom is -0.399 e. The SMILES string of the molecule is C#Cc1cccc(NC(=O)Cc2ccc(N)cc2)c1. The van der Waals surface area contributed by atoms with Crippen molar-refractivity contribution < 1.29 is 4.79 Å². The summed E-state index contributed by atoms with van der Waals surface area (Å²) >= 11 is 0. The number of hydrogen-bond acceptors (Lipinski definition) is 2.